The highest BCUT2D eigenvalue weighted by molar-refractivity contribution is 9.10. The summed E-state index contributed by atoms with van der Waals surface area (Å²) in [5, 5.41) is 0.749. The molecule has 0 aliphatic carbocycles. The van der Waals surface area contributed by atoms with Gasteiger partial charge in [0.15, 0.2) is 0 Å². The third kappa shape index (κ3) is 4.97. The first kappa shape index (κ1) is 15.0. The quantitative estimate of drug-likeness (QED) is 0.732. The molecule has 0 aliphatic heterocycles. The Morgan fingerprint density at radius 2 is 2.00 bits per heavy atom. The molecule has 0 spiro atoms. The van der Waals surface area contributed by atoms with Crippen LogP contribution in [-0.4, -0.2) is 34.0 Å². The minimum absolute atomic E-state index is 0.164. The lowest BCUT2D eigenvalue weighted by Gasteiger charge is -2.21. The Bertz CT molecular complexity index is 488. The van der Waals surface area contributed by atoms with E-state index in [4.69, 9.17) is 0 Å². The monoisotopic (exact) mass is 383 g/mol. The van der Waals surface area contributed by atoms with Crippen LogP contribution in [0.15, 0.2) is 22.7 Å². The van der Waals surface area contributed by atoms with Gasteiger partial charge in [-0.3, -0.25) is 0 Å². The first-order valence-corrected chi connectivity index (χ1v) is 9.04. The molecular weight excluding hydrogens is 370 g/mol. The SMILES string of the molecule is CN(CCS(C)(=O)=O)c1cc(Br)ccc1CBr. The molecule has 96 valence electrons. The molecule has 6 heteroatoms. The molecule has 1 rings (SSSR count). The Kier molecular flexibility index (Phi) is 5.47. The number of anilines is 1. The van der Waals surface area contributed by atoms with Crippen LogP contribution >= 0.6 is 31.9 Å². The van der Waals surface area contributed by atoms with E-state index in [0.29, 0.717) is 6.54 Å². The minimum Gasteiger partial charge on any atom is -0.373 e. The van der Waals surface area contributed by atoms with E-state index in [1.165, 1.54) is 6.26 Å². The molecule has 3 nitrogen and oxygen atoms in total. The normalized spacial score (nSPS) is 11.5. The van der Waals surface area contributed by atoms with Gasteiger partial charge in [0, 0.05) is 35.3 Å². The Labute approximate surface area is 119 Å². The molecule has 1 aromatic carbocycles. The number of benzene rings is 1. The summed E-state index contributed by atoms with van der Waals surface area (Å²) in [7, 11) is -1.02. The Balaban J connectivity index is 2.87. The van der Waals surface area contributed by atoms with Crippen molar-refractivity contribution < 1.29 is 8.42 Å². The number of hydrogen-bond donors (Lipinski definition) is 0. The second-order valence-electron chi connectivity index (χ2n) is 3.96. The van der Waals surface area contributed by atoms with Crippen LogP contribution in [0, 0.1) is 0 Å². The zero-order valence-electron chi connectivity index (χ0n) is 9.78. The van der Waals surface area contributed by atoms with Crippen molar-refractivity contribution in [2.45, 2.75) is 5.33 Å². The van der Waals surface area contributed by atoms with Crippen LogP contribution in [0.4, 0.5) is 5.69 Å². The number of nitrogens with zero attached hydrogens (tertiary/aromatic N) is 1. The molecule has 0 aromatic heterocycles. The molecule has 0 saturated heterocycles. The fourth-order valence-electron chi connectivity index (χ4n) is 1.43. The van der Waals surface area contributed by atoms with E-state index in [2.05, 4.69) is 31.9 Å². The zero-order chi connectivity index (χ0) is 13.1. The molecule has 0 saturated carbocycles. The number of halogens is 2. The summed E-state index contributed by atoms with van der Waals surface area (Å²) < 4.78 is 23.3. The smallest absolute Gasteiger partial charge is 0.149 e. The van der Waals surface area contributed by atoms with Crippen molar-refractivity contribution >= 4 is 47.4 Å². The van der Waals surface area contributed by atoms with Gasteiger partial charge < -0.3 is 4.90 Å². The average Bonchev–Trinajstić information content (AvgIpc) is 2.25. The summed E-state index contributed by atoms with van der Waals surface area (Å²) in [5.41, 5.74) is 2.18. The van der Waals surface area contributed by atoms with Crippen molar-refractivity contribution in [3.05, 3.63) is 28.2 Å². The Morgan fingerprint density at radius 3 is 2.53 bits per heavy atom. The molecule has 0 atom stereocenters. The average molecular weight is 385 g/mol. The topological polar surface area (TPSA) is 37.4 Å². The largest absolute Gasteiger partial charge is 0.373 e. The van der Waals surface area contributed by atoms with Gasteiger partial charge in [-0.25, -0.2) is 8.42 Å². The fraction of sp³-hybridized carbons (Fsp3) is 0.455. The van der Waals surface area contributed by atoms with Gasteiger partial charge in [0.25, 0.3) is 0 Å². The molecule has 0 amide bonds. The highest BCUT2D eigenvalue weighted by Gasteiger charge is 2.10. The molecule has 0 bridgehead atoms. The van der Waals surface area contributed by atoms with E-state index in [9.17, 15) is 8.42 Å². The third-order valence-electron chi connectivity index (χ3n) is 2.40. The van der Waals surface area contributed by atoms with E-state index < -0.39 is 9.84 Å². The number of rotatable bonds is 5. The maximum absolute atomic E-state index is 11.1. The summed E-state index contributed by atoms with van der Waals surface area (Å²) in [6.45, 7) is 0.495. The van der Waals surface area contributed by atoms with Crippen LogP contribution in [0.25, 0.3) is 0 Å². The maximum Gasteiger partial charge on any atom is 0.149 e. The second-order valence-corrected chi connectivity index (χ2v) is 7.69. The van der Waals surface area contributed by atoms with Crippen molar-refractivity contribution in [3.8, 4) is 0 Å². The van der Waals surface area contributed by atoms with E-state index >= 15 is 0 Å². The first-order valence-electron chi connectivity index (χ1n) is 5.07. The summed E-state index contributed by atoms with van der Waals surface area (Å²) in [6, 6.07) is 5.99. The first-order chi connectivity index (χ1) is 7.83. The van der Waals surface area contributed by atoms with Crippen molar-refractivity contribution in [1.29, 1.82) is 0 Å². The van der Waals surface area contributed by atoms with Crippen LogP contribution in [0.2, 0.25) is 0 Å². The second kappa shape index (κ2) is 6.20. The lowest BCUT2D eigenvalue weighted by atomic mass is 10.2. The van der Waals surface area contributed by atoms with Gasteiger partial charge in [-0.1, -0.05) is 37.9 Å². The highest BCUT2D eigenvalue weighted by Crippen LogP contribution is 2.26. The molecule has 1 aromatic rings. The summed E-state index contributed by atoms with van der Waals surface area (Å²) >= 11 is 6.86. The fourth-order valence-corrected chi connectivity index (χ4v) is 2.86. The summed E-state index contributed by atoms with van der Waals surface area (Å²) in [6.07, 6.45) is 1.26. The van der Waals surface area contributed by atoms with Gasteiger partial charge in [-0.05, 0) is 17.7 Å². The van der Waals surface area contributed by atoms with Gasteiger partial charge >= 0.3 is 0 Å². The van der Waals surface area contributed by atoms with Gasteiger partial charge in [0.05, 0.1) is 5.75 Å². The van der Waals surface area contributed by atoms with Crippen molar-refractivity contribution in [1.82, 2.24) is 0 Å². The molecule has 0 aliphatic rings. The zero-order valence-corrected chi connectivity index (χ0v) is 13.8. The van der Waals surface area contributed by atoms with Crippen LogP contribution < -0.4 is 4.90 Å². The standard InChI is InChI=1S/C11H15Br2NO2S/c1-14(5-6-17(2,15)16)11-7-10(13)4-3-9(11)8-12/h3-4,7H,5-6,8H2,1-2H3. The molecule has 17 heavy (non-hydrogen) atoms. The van der Waals surface area contributed by atoms with Gasteiger partial charge in [0.1, 0.15) is 9.84 Å². The van der Waals surface area contributed by atoms with Crippen LogP contribution in [0.5, 0.6) is 0 Å². The van der Waals surface area contributed by atoms with Gasteiger partial charge in [0.2, 0.25) is 0 Å². The van der Waals surface area contributed by atoms with Crippen molar-refractivity contribution in [2.24, 2.45) is 0 Å². The molecule has 0 fully saturated rings. The molecule has 0 N–H and O–H groups in total. The molecular formula is C11H15Br2NO2S. The Morgan fingerprint density at radius 1 is 1.35 bits per heavy atom. The number of sulfone groups is 1. The third-order valence-corrected chi connectivity index (χ3v) is 4.42. The number of hydrogen-bond acceptors (Lipinski definition) is 3. The van der Waals surface area contributed by atoms with Gasteiger partial charge in [-0.15, -0.1) is 0 Å². The Hall–Kier alpha value is -0.0700. The predicted octanol–water partition coefficient (Wildman–Crippen LogP) is 2.82. The predicted molar refractivity (Wildman–Crippen MR) is 79.8 cm³/mol. The van der Waals surface area contributed by atoms with Gasteiger partial charge in [-0.2, -0.15) is 0 Å². The highest BCUT2D eigenvalue weighted by atomic mass is 79.9. The lowest BCUT2D eigenvalue weighted by Crippen LogP contribution is -2.25. The van der Waals surface area contributed by atoms with E-state index in [1.54, 1.807) is 0 Å². The summed E-state index contributed by atoms with van der Waals surface area (Å²) in [4.78, 5) is 1.96. The summed E-state index contributed by atoms with van der Waals surface area (Å²) in [5.74, 6) is 0.164. The van der Waals surface area contributed by atoms with Crippen LogP contribution in [0.3, 0.4) is 0 Å². The van der Waals surface area contributed by atoms with E-state index in [-0.39, 0.29) is 5.75 Å². The van der Waals surface area contributed by atoms with E-state index in [0.717, 1.165) is 21.1 Å². The molecule has 0 radical (unpaired) electrons. The van der Waals surface area contributed by atoms with Crippen LogP contribution in [-0.2, 0) is 15.2 Å². The van der Waals surface area contributed by atoms with E-state index in [1.807, 2.05) is 30.1 Å². The molecule has 0 unspecified atom stereocenters. The maximum atomic E-state index is 11.1. The van der Waals surface area contributed by atoms with Crippen molar-refractivity contribution in [2.75, 3.05) is 30.5 Å². The van der Waals surface area contributed by atoms with Crippen molar-refractivity contribution in [3.63, 3.8) is 0 Å². The minimum atomic E-state index is -2.92. The van der Waals surface area contributed by atoms with Crippen LogP contribution in [0.1, 0.15) is 5.56 Å². The number of alkyl halides is 1. The molecule has 0 heterocycles. The lowest BCUT2D eigenvalue weighted by molar-refractivity contribution is 0.601.